The van der Waals surface area contributed by atoms with Crippen molar-refractivity contribution in [2.45, 2.75) is 0 Å². The van der Waals surface area contributed by atoms with Crippen LogP contribution in [0.15, 0.2) is 170 Å². The fourth-order valence-corrected chi connectivity index (χ4v) is 6.63. The van der Waals surface area contributed by atoms with E-state index in [4.69, 9.17) is 13.2 Å². The number of fused-ring (bicyclic) bond motifs is 4. The summed E-state index contributed by atoms with van der Waals surface area (Å²) in [5.41, 5.74) is 6.41. The van der Waals surface area contributed by atoms with Gasteiger partial charge in [0, 0.05) is 11.3 Å². The first-order chi connectivity index (χ1) is 25.3. The van der Waals surface area contributed by atoms with Gasteiger partial charge < -0.3 is 0 Å². The predicted octanol–water partition coefficient (Wildman–Crippen LogP) is 11.5. The highest BCUT2D eigenvalue weighted by Crippen LogP contribution is 2.47. The number of benzene rings is 8. The summed E-state index contributed by atoms with van der Waals surface area (Å²) in [6, 6.07) is 39.4. The van der Waals surface area contributed by atoms with Crippen LogP contribution in [0.1, 0.15) is 9.60 Å². The molecular weight excluding hydrogens is 544 g/mol. The molecule has 0 saturated heterocycles. The smallest absolute Gasteiger partial charge is 0.146 e. The Hall–Kier alpha value is -5.99. The van der Waals surface area contributed by atoms with Gasteiger partial charge in [-0.25, -0.2) is 4.98 Å². The van der Waals surface area contributed by atoms with Gasteiger partial charge in [0.1, 0.15) is 5.82 Å². The maximum absolute atomic E-state index is 9.25. The van der Waals surface area contributed by atoms with Crippen molar-refractivity contribution < 1.29 is 9.60 Å². The fourth-order valence-electron chi connectivity index (χ4n) is 6.63. The minimum Gasteiger partial charge on any atom is -0.292 e. The van der Waals surface area contributed by atoms with E-state index in [0.717, 1.165) is 60.8 Å². The van der Waals surface area contributed by atoms with Crippen LogP contribution in [-0.2, 0) is 0 Å². The normalized spacial score (nSPS) is 13.7. The second-order valence-electron chi connectivity index (χ2n) is 11.0. The van der Waals surface area contributed by atoms with Gasteiger partial charge in [-0.15, -0.1) is 0 Å². The Bertz CT molecular complexity index is 2870. The molecule has 9 aromatic rings. The lowest BCUT2D eigenvalue weighted by molar-refractivity contribution is 1.10. The Morgan fingerprint density at radius 3 is 1.73 bits per heavy atom. The molecule has 45 heavy (non-hydrogen) atoms. The molecule has 0 aliphatic heterocycles. The average molecular weight is 580 g/mol. The third-order valence-corrected chi connectivity index (χ3v) is 8.51. The molecule has 0 unspecified atom stereocenters. The van der Waals surface area contributed by atoms with Crippen LogP contribution < -0.4 is 0 Å². The number of imidazole rings is 1. The van der Waals surface area contributed by atoms with E-state index in [1.54, 1.807) is 0 Å². The van der Waals surface area contributed by atoms with Gasteiger partial charge in [-0.05, 0) is 78.8 Å². The number of hydrogen-bond acceptors (Lipinski definition) is 1. The van der Waals surface area contributed by atoms with Gasteiger partial charge in [0.2, 0.25) is 0 Å². The molecule has 0 radical (unpaired) electrons. The van der Waals surface area contributed by atoms with E-state index in [-0.39, 0.29) is 28.4 Å². The second kappa shape index (κ2) is 10.3. The van der Waals surface area contributed by atoms with Crippen molar-refractivity contribution in [3.05, 3.63) is 170 Å². The van der Waals surface area contributed by atoms with E-state index in [1.165, 1.54) is 0 Å². The number of aromatic nitrogens is 2. The minimum absolute atomic E-state index is 0.0654. The summed E-state index contributed by atoms with van der Waals surface area (Å²) in [5.74, 6) is 0.778. The van der Waals surface area contributed by atoms with Crippen molar-refractivity contribution in [3.8, 4) is 39.3 Å². The summed E-state index contributed by atoms with van der Waals surface area (Å²) in [5, 5.41) is 3.23. The van der Waals surface area contributed by atoms with Crippen LogP contribution in [0.2, 0.25) is 0 Å². The lowest BCUT2D eigenvalue weighted by Crippen LogP contribution is -1.99. The quantitative estimate of drug-likeness (QED) is 0.190. The zero-order valence-corrected chi connectivity index (χ0v) is 24.0. The van der Waals surface area contributed by atoms with Crippen LogP contribution in [0.5, 0.6) is 0 Å². The lowest BCUT2D eigenvalue weighted by Gasteiger charge is -2.20. The first kappa shape index (κ1) is 19.3. The largest absolute Gasteiger partial charge is 0.292 e. The van der Waals surface area contributed by atoms with Crippen LogP contribution in [0.25, 0.3) is 82.7 Å². The van der Waals surface area contributed by atoms with Gasteiger partial charge in [0.15, 0.2) is 0 Å². The van der Waals surface area contributed by atoms with Crippen LogP contribution in [-0.4, -0.2) is 9.55 Å². The predicted molar refractivity (Wildman–Crippen MR) is 190 cm³/mol. The third-order valence-electron chi connectivity index (χ3n) is 8.51. The van der Waals surface area contributed by atoms with Crippen LogP contribution >= 0.6 is 0 Å². The number of hydrogen-bond donors (Lipinski definition) is 0. The van der Waals surface area contributed by atoms with Gasteiger partial charge in [0.25, 0.3) is 0 Å². The molecule has 0 amide bonds. The van der Waals surface area contributed by atoms with E-state index >= 15 is 0 Å². The Morgan fingerprint density at radius 1 is 0.444 bits per heavy atom. The SMILES string of the molecule is [2H]c1c([2H])c([2H])c2c(-c3c4ccccc4c(-c4ccccc4-c4nc5ccccc5n4-c4ccccc4)c4ccccc34)c([2H])c([2H])c([2H])c2c1[2H]. The summed E-state index contributed by atoms with van der Waals surface area (Å²) < 4.78 is 63.6. The van der Waals surface area contributed by atoms with Gasteiger partial charge in [0.05, 0.1) is 20.6 Å². The molecule has 0 fully saturated rings. The molecule has 0 spiro atoms. The van der Waals surface area contributed by atoms with Crippen molar-refractivity contribution in [1.82, 2.24) is 9.55 Å². The Balaban J connectivity index is 1.44. The van der Waals surface area contributed by atoms with Crippen LogP contribution in [0.3, 0.4) is 0 Å². The standard InChI is InChI=1S/C43H28N2/c1-2-17-30(18-3-1)45-40-28-13-12-27-39(40)44-43(45)38-25-11-10-24-37(38)42-35-22-8-6-20-33(35)41(34-21-7-9-23-36(34)42)32-26-14-16-29-15-4-5-19-31(29)32/h1-28H/i4D,5D,14D,15D,16D,19D,26D. The van der Waals surface area contributed by atoms with Gasteiger partial charge in [-0.1, -0.05) is 145 Å². The summed E-state index contributed by atoms with van der Waals surface area (Å²) in [6.45, 7) is 0. The summed E-state index contributed by atoms with van der Waals surface area (Å²) in [4.78, 5) is 5.20. The van der Waals surface area contributed by atoms with Crippen molar-refractivity contribution in [3.63, 3.8) is 0 Å². The molecule has 1 heterocycles. The number of para-hydroxylation sites is 3. The van der Waals surface area contributed by atoms with Crippen LogP contribution in [0, 0.1) is 0 Å². The van der Waals surface area contributed by atoms with E-state index in [0.29, 0.717) is 5.56 Å². The zero-order chi connectivity index (χ0) is 35.8. The Morgan fingerprint density at radius 2 is 1.00 bits per heavy atom. The number of rotatable bonds is 4. The zero-order valence-electron chi connectivity index (χ0n) is 31.0. The summed E-state index contributed by atoms with van der Waals surface area (Å²) >= 11 is 0. The molecule has 0 aliphatic carbocycles. The van der Waals surface area contributed by atoms with Gasteiger partial charge in [-0.3, -0.25) is 4.57 Å². The van der Waals surface area contributed by atoms with E-state index in [2.05, 4.69) is 34.9 Å². The monoisotopic (exact) mass is 579 g/mol. The van der Waals surface area contributed by atoms with Crippen molar-refractivity contribution in [2.24, 2.45) is 0 Å². The summed E-state index contributed by atoms with van der Waals surface area (Å²) in [6.07, 6.45) is 0. The minimum atomic E-state index is -0.475. The highest BCUT2D eigenvalue weighted by Gasteiger charge is 2.22. The molecule has 210 valence electrons. The maximum atomic E-state index is 9.25. The molecule has 9 rings (SSSR count). The summed E-state index contributed by atoms with van der Waals surface area (Å²) in [7, 11) is 0. The van der Waals surface area contributed by atoms with Gasteiger partial charge in [-0.2, -0.15) is 0 Å². The Labute approximate surface area is 271 Å². The molecule has 0 saturated carbocycles. The van der Waals surface area contributed by atoms with Crippen molar-refractivity contribution >= 4 is 43.4 Å². The molecular formula is C43H28N2. The van der Waals surface area contributed by atoms with E-state index < -0.39 is 30.2 Å². The Kier molecular flexibility index (Phi) is 4.43. The first-order valence-corrected chi connectivity index (χ1v) is 14.8. The highest BCUT2D eigenvalue weighted by atomic mass is 15.1. The third kappa shape index (κ3) is 4.00. The molecule has 0 N–H and O–H groups in total. The molecule has 2 nitrogen and oxygen atoms in total. The topological polar surface area (TPSA) is 17.8 Å². The van der Waals surface area contributed by atoms with E-state index in [9.17, 15) is 1.37 Å². The molecule has 0 atom stereocenters. The number of nitrogens with zero attached hydrogens (tertiary/aromatic N) is 2. The lowest BCUT2D eigenvalue weighted by atomic mass is 9.83. The second-order valence-corrected chi connectivity index (χ2v) is 11.0. The molecule has 2 heteroatoms. The average Bonchev–Trinajstić information content (AvgIpc) is 3.57. The maximum Gasteiger partial charge on any atom is 0.146 e. The first-order valence-electron chi connectivity index (χ1n) is 18.3. The van der Waals surface area contributed by atoms with Crippen molar-refractivity contribution in [2.75, 3.05) is 0 Å². The van der Waals surface area contributed by atoms with Crippen LogP contribution in [0.4, 0.5) is 0 Å². The molecule has 8 aromatic carbocycles. The molecule has 1 aromatic heterocycles. The fraction of sp³-hybridized carbons (Fsp3) is 0. The van der Waals surface area contributed by atoms with Crippen molar-refractivity contribution in [1.29, 1.82) is 0 Å². The molecule has 0 aliphatic rings. The van der Waals surface area contributed by atoms with Gasteiger partial charge >= 0.3 is 0 Å². The molecule has 0 bridgehead atoms. The van der Waals surface area contributed by atoms with E-state index in [1.807, 2.05) is 97.1 Å². The highest BCUT2D eigenvalue weighted by molar-refractivity contribution is 6.24.